The van der Waals surface area contributed by atoms with Crippen LogP contribution in [0.1, 0.15) is 57.8 Å². The molecule has 0 aliphatic heterocycles. The number of hydrogen-bond acceptors (Lipinski definition) is 1. The van der Waals surface area contributed by atoms with Gasteiger partial charge in [-0.2, -0.15) is 0 Å². The maximum atomic E-state index is 6.25. The lowest BCUT2D eigenvalue weighted by Gasteiger charge is -2.59. The monoisotopic (exact) mass is 233 g/mol. The van der Waals surface area contributed by atoms with Crippen LogP contribution in [-0.2, 0) is 0 Å². The molecule has 0 heterocycles. The van der Waals surface area contributed by atoms with Crippen molar-refractivity contribution in [1.82, 2.24) is 0 Å². The molecule has 0 spiro atoms. The average molecular weight is 233 g/mol. The van der Waals surface area contributed by atoms with Gasteiger partial charge in [0.1, 0.15) is 0 Å². The van der Waals surface area contributed by atoms with E-state index in [2.05, 4.69) is 0 Å². The van der Waals surface area contributed by atoms with Crippen LogP contribution in [0.15, 0.2) is 0 Å². The maximum Gasteiger partial charge on any atom is -0.00177 e. The normalized spacial score (nSPS) is 51.0. The second-order valence-corrected chi connectivity index (χ2v) is 7.73. The fourth-order valence-corrected chi connectivity index (χ4v) is 6.68. The molecule has 17 heavy (non-hydrogen) atoms. The van der Waals surface area contributed by atoms with Crippen molar-refractivity contribution < 1.29 is 0 Å². The molecule has 0 unspecified atom stereocenters. The molecule has 1 heteroatoms. The summed E-state index contributed by atoms with van der Waals surface area (Å²) in [5.41, 5.74) is 6.83. The van der Waals surface area contributed by atoms with E-state index in [4.69, 9.17) is 5.73 Å². The predicted molar refractivity (Wildman–Crippen MR) is 70.5 cm³/mol. The second kappa shape index (κ2) is 3.73. The summed E-state index contributed by atoms with van der Waals surface area (Å²) < 4.78 is 0. The van der Waals surface area contributed by atoms with E-state index in [0.29, 0.717) is 5.41 Å². The van der Waals surface area contributed by atoms with Crippen LogP contribution in [0.3, 0.4) is 0 Å². The quantitative estimate of drug-likeness (QED) is 0.775. The van der Waals surface area contributed by atoms with E-state index in [1.165, 1.54) is 25.7 Å². The zero-order valence-electron chi connectivity index (χ0n) is 11.0. The molecular weight excluding hydrogens is 206 g/mol. The summed E-state index contributed by atoms with van der Waals surface area (Å²) in [4.78, 5) is 0. The first-order valence-electron chi connectivity index (χ1n) is 8.01. The second-order valence-electron chi connectivity index (χ2n) is 7.73. The highest BCUT2D eigenvalue weighted by molar-refractivity contribution is 5.05. The number of hydrogen-bond donors (Lipinski definition) is 1. The third-order valence-electron chi connectivity index (χ3n) is 6.94. The smallest absolute Gasteiger partial charge is 0.00177 e. The first-order valence-corrected chi connectivity index (χ1v) is 8.01. The van der Waals surface area contributed by atoms with E-state index in [9.17, 15) is 0 Å². The summed E-state index contributed by atoms with van der Waals surface area (Å²) >= 11 is 0. The summed E-state index contributed by atoms with van der Waals surface area (Å²) in [6.45, 7) is 0.986. The van der Waals surface area contributed by atoms with Crippen molar-refractivity contribution in [3.8, 4) is 0 Å². The average Bonchev–Trinajstić information content (AvgIpc) is 2.77. The zero-order valence-corrected chi connectivity index (χ0v) is 11.0. The molecule has 5 rings (SSSR count). The molecule has 0 radical (unpaired) electrons. The SMILES string of the molecule is NCC1(C2C3CC4CC(C3)CC2C4)CCCC1. The van der Waals surface area contributed by atoms with Crippen LogP contribution >= 0.6 is 0 Å². The summed E-state index contributed by atoms with van der Waals surface area (Å²) in [5, 5.41) is 0. The van der Waals surface area contributed by atoms with Gasteiger partial charge in [0.2, 0.25) is 0 Å². The summed E-state index contributed by atoms with van der Waals surface area (Å²) in [7, 11) is 0. The van der Waals surface area contributed by atoms with Crippen molar-refractivity contribution in [3.63, 3.8) is 0 Å². The third-order valence-corrected chi connectivity index (χ3v) is 6.94. The first-order chi connectivity index (χ1) is 8.31. The number of nitrogens with two attached hydrogens (primary N) is 1. The Morgan fingerprint density at radius 2 is 1.35 bits per heavy atom. The number of rotatable bonds is 2. The molecule has 96 valence electrons. The van der Waals surface area contributed by atoms with Crippen molar-refractivity contribution in [3.05, 3.63) is 0 Å². The molecule has 2 N–H and O–H groups in total. The van der Waals surface area contributed by atoms with E-state index in [1.54, 1.807) is 32.1 Å². The molecule has 0 saturated heterocycles. The molecular formula is C16H27N. The van der Waals surface area contributed by atoms with Gasteiger partial charge in [0.05, 0.1) is 0 Å². The largest absolute Gasteiger partial charge is 0.330 e. The van der Waals surface area contributed by atoms with Gasteiger partial charge in [-0.05, 0) is 86.5 Å². The summed E-state index contributed by atoms with van der Waals surface area (Å²) in [6, 6.07) is 0. The van der Waals surface area contributed by atoms with Gasteiger partial charge in [-0.1, -0.05) is 12.8 Å². The van der Waals surface area contributed by atoms with Crippen LogP contribution in [0.5, 0.6) is 0 Å². The Kier molecular flexibility index (Phi) is 2.38. The van der Waals surface area contributed by atoms with Crippen LogP contribution < -0.4 is 5.73 Å². The zero-order chi connectivity index (χ0) is 11.5. The van der Waals surface area contributed by atoms with Gasteiger partial charge in [-0.3, -0.25) is 0 Å². The minimum Gasteiger partial charge on any atom is -0.330 e. The van der Waals surface area contributed by atoms with Crippen molar-refractivity contribution in [1.29, 1.82) is 0 Å². The Bertz CT molecular complexity index is 275. The van der Waals surface area contributed by atoms with Crippen LogP contribution in [0.25, 0.3) is 0 Å². The summed E-state index contributed by atoms with van der Waals surface area (Å²) in [5.74, 6) is 5.42. The van der Waals surface area contributed by atoms with Crippen molar-refractivity contribution in [2.24, 2.45) is 40.7 Å². The molecule has 5 aliphatic carbocycles. The highest BCUT2D eigenvalue weighted by atomic mass is 14.7. The standard InChI is InChI=1S/C16H27N/c17-10-16(3-1-2-4-16)15-13-6-11-5-12(8-13)9-14(15)7-11/h11-15H,1-10,17H2. The lowest BCUT2D eigenvalue weighted by molar-refractivity contribution is -0.0927. The molecule has 0 aromatic carbocycles. The molecule has 4 bridgehead atoms. The van der Waals surface area contributed by atoms with Gasteiger partial charge < -0.3 is 5.73 Å². The fourth-order valence-electron chi connectivity index (χ4n) is 6.68. The highest BCUT2D eigenvalue weighted by Crippen LogP contribution is 2.63. The minimum absolute atomic E-state index is 0.586. The minimum atomic E-state index is 0.586. The van der Waals surface area contributed by atoms with Crippen LogP contribution in [-0.4, -0.2) is 6.54 Å². The van der Waals surface area contributed by atoms with Crippen molar-refractivity contribution >= 4 is 0 Å². The highest BCUT2D eigenvalue weighted by Gasteiger charge is 2.55. The van der Waals surface area contributed by atoms with E-state index < -0.39 is 0 Å². The molecule has 0 aromatic heterocycles. The van der Waals surface area contributed by atoms with Crippen LogP contribution in [0.2, 0.25) is 0 Å². The van der Waals surface area contributed by atoms with E-state index in [0.717, 1.165) is 36.1 Å². The van der Waals surface area contributed by atoms with Gasteiger partial charge >= 0.3 is 0 Å². The van der Waals surface area contributed by atoms with E-state index in [1.807, 2.05) is 0 Å². The van der Waals surface area contributed by atoms with Gasteiger partial charge in [0.25, 0.3) is 0 Å². The van der Waals surface area contributed by atoms with Crippen molar-refractivity contribution in [2.75, 3.05) is 6.54 Å². The summed E-state index contributed by atoms with van der Waals surface area (Å²) in [6.07, 6.45) is 13.7. The molecule has 5 saturated carbocycles. The van der Waals surface area contributed by atoms with Gasteiger partial charge in [0.15, 0.2) is 0 Å². The van der Waals surface area contributed by atoms with E-state index in [-0.39, 0.29) is 0 Å². The maximum absolute atomic E-state index is 6.25. The molecule has 5 fully saturated rings. The van der Waals surface area contributed by atoms with Gasteiger partial charge in [0, 0.05) is 0 Å². The molecule has 0 atom stereocenters. The fraction of sp³-hybridized carbons (Fsp3) is 1.00. The van der Waals surface area contributed by atoms with E-state index >= 15 is 0 Å². The Labute approximate surface area is 106 Å². The Morgan fingerprint density at radius 3 is 1.82 bits per heavy atom. The lowest BCUT2D eigenvalue weighted by Crippen LogP contribution is -2.53. The Morgan fingerprint density at radius 1 is 0.824 bits per heavy atom. The molecule has 5 aliphatic rings. The lowest BCUT2D eigenvalue weighted by atomic mass is 9.46. The van der Waals surface area contributed by atoms with Gasteiger partial charge in [-0.15, -0.1) is 0 Å². The first kappa shape index (κ1) is 10.8. The van der Waals surface area contributed by atoms with Crippen molar-refractivity contribution in [2.45, 2.75) is 57.8 Å². The Hall–Kier alpha value is -0.0400. The molecule has 0 amide bonds. The van der Waals surface area contributed by atoms with Crippen LogP contribution in [0.4, 0.5) is 0 Å². The van der Waals surface area contributed by atoms with Gasteiger partial charge in [-0.25, -0.2) is 0 Å². The predicted octanol–water partition coefficient (Wildman–Crippen LogP) is 3.58. The molecule has 1 nitrogen and oxygen atoms in total. The third kappa shape index (κ3) is 1.47. The topological polar surface area (TPSA) is 26.0 Å². The van der Waals surface area contributed by atoms with Crippen LogP contribution in [0, 0.1) is 35.0 Å². The molecule has 0 aromatic rings. The Balaban J connectivity index is 1.65.